The number of aliphatic hydroxyl groups is 1. The molecule has 29 heavy (non-hydrogen) atoms. The number of carbonyl (C=O) groups is 2. The maximum absolute atomic E-state index is 12.7. The summed E-state index contributed by atoms with van der Waals surface area (Å²) in [5.74, 6) is 0.117. The van der Waals surface area contributed by atoms with Crippen LogP contribution in [0.2, 0.25) is 0 Å². The monoisotopic (exact) mass is 400 g/mol. The highest BCUT2D eigenvalue weighted by Crippen LogP contribution is 2.64. The Hall–Kier alpha value is -1.26. The summed E-state index contributed by atoms with van der Waals surface area (Å²) in [6.07, 6.45) is 10.0. The van der Waals surface area contributed by atoms with E-state index in [2.05, 4.69) is 33.8 Å². The van der Waals surface area contributed by atoms with Gasteiger partial charge >= 0.3 is 0 Å². The van der Waals surface area contributed by atoms with E-state index in [0.717, 1.165) is 38.4 Å². The number of hydrogen-bond acceptors (Lipinski definition) is 4. The van der Waals surface area contributed by atoms with Gasteiger partial charge in [0.15, 0.2) is 0 Å². The zero-order valence-corrected chi connectivity index (χ0v) is 18.5. The zero-order valence-electron chi connectivity index (χ0n) is 18.5. The van der Waals surface area contributed by atoms with E-state index in [1.165, 1.54) is 5.57 Å². The van der Waals surface area contributed by atoms with Crippen LogP contribution in [0.1, 0.15) is 73.1 Å². The number of ketones is 1. The second-order valence-corrected chi connectivity index (χ2v) is 11.0. The number of Topliss-reactive ketones (excluding diaryl/α,β-unsaturated/α-hetero) is 1. The summed E-state index contributed by atoms with van der Waals surface area (Å²) in [7, 11) is 0. The smallest absolute Gasteiger partial charge is 0.146 e. The summed E-state index contributed by atoms with van der Waals surface area (Å²) in [5.41, 5.74) is 0.628. The fourth-order valence-corrected chi connectivity index (χ4v) is 7.28. The van der Waals surface area contributed by atoms with Crippen LogP contribution >= 0.6 is 0 Å². The molecule has 1 unspecified atom stereocenters. The first kappa shape index (κ1) is 21.0. The molecule has 4 rings (SSSR count). The molecule has 160 valence electrons. The highest BCUT2D eigenvalue weighted by molar-refractivity contribution is 5.94. The Morgan fingerprint density at radius 1 is 1.28 bits per heavy atom. The van der Waals surface area contributed by atoms with Gasteiger partial charge in [-0.1, -0.05) is 31.6 Å². The van der Waals surface area contributed by atoms with Gasteiger partial charge in [0.25, 0.3) is 0 Å². The molecule has 0 aromatic rings. The van der Waals surface area contributed by atoms with Gasteiger partial charge in [0, 0.05) is 12.3 Å². The second-order valence-electron chi connectivity index (χ2n) is 11.0. The van der Waals surface area contributed by atoms with Crippen molar-refractivity contribution in [2.24, 2.45) is 29.1 Å². The Labute approximate surface area is 174 Å². The molecule has 1 saturated heterocycles. The average Bonchev–Trinajstić information content (AvgIpc) is 3.12. The minimum absolute atomic E-state index is 0.00341. The Morgan fingerprint density at radius 3 is 2.66 bits per heavy atom. The van der Waals surface area contributed by atoms with E-state index in [1.54, 1.807) is 6.92 Å². The van der Waals surface area contributed by atoms with Crippen molar-refractivity contribution in [1.29, 1.82) is 0 Å². The van der Waals surface area contributed by atoms with Crippen molar-refractivity contribution < 1.29 is 19.4 Å². The molecule has 0 amide bonds. The molecule has 1 N–H and O–H groups in total. The van der Waals surface area contributed by atoms with Crippen LogP contribution in [0.25, 0.3) is 0 Å². The maximum Gasteiger partial charge on any atom is 0.146 e. The lowest BCUT2D eigenvalue weighted by Crippen LogP contribution is -2.46. The van der Waals surface area contributed by atoms with Gasteiger partial charge < -0.3 is 9.84 Å². The molecule has 0 aromatic heterocycles. The fraction of sp³-hybridized carbons (Fsp3) is 0.760. The van der Waals surface area contributed by atoms with Crippen LogP contribution in [0.5, 0.6) is 0 Å². The molecule has 4 aliphatic rings. The maximum atomic E-state index is 12.7. The predicted octanol–water partition coefficient (Wildman–Crippen LogP) is 4.41. The molecule has 2 saturated carbocycles. The number of fused-ring (bicyclic) bond motifs is 3. The van der Waals surface area contributed by atoms with E-state index < -0.39 is 11.5 Å². The van der Waals surface area contributed by atoms with Crippen LogP contribution < -0.4 is 0 Å². The second kappa shape index (κ2) is 6.88. The fourth-order valence-electron chi connectivity index (χ4n) is 7.28. The Morgan fingerprint density at radius 2 is 2.00 bits per heavy atom. The minimum atomic E-state index is -1.04. The first-order chi connectivity index (χ1) is 13.5. The summed E-state index contributed by atoms with van der Waals surface area (Å²) in [6, 6.07) is 0. The molecule has 1 spiro atoms. The number of hydrogen-bond donors (Lipinski definition) is 1. The molecular weight excluding hydrogens is 364 g/mol. The van der Waals surface area contributed by atoms with E-state index >= 15 is 0 Å². The molecule has 4 heteroatoms. The SMILES string of the molecule is CC(C)=C[C@H]1C[C@H](C)[C@]2(CC[C@]3(C)CC4[C@H](C(=O)C[C@@]4(C)O)/C(C=O)=C\C[C@H]32)O1. The predicted molar refractivity (Wildman–Crippen MR) is 112 cm³/mol. The molecule has 0 bridgehead atoms. The lowest BCUT2D eigenvalue weighted by Gasteiger charge is -2.45. The largest absolute Gasteiger partial charge is 0.389 e. The third-order valence-corrected chi connectivity index (χ3v) is 8.68. The van der Waals surface area contributed by atoms with Gasteiger partial charge in [-0.05, 0) is 75.7 Å². The number of rotatable bonds is 2. The molecule has 3 aliphatic carbocycles. The van der Waals surface area contributed by atoms with Crippen LogP contribution in [0, 0.1) is 29.1 Å². The molecule has 1 heterocycles. The van der Waals surface area contributed by atoms with Crippen molar-refractivity contribution in [3.63, 3.8) is 0 Å². The van der Waals surface area contributed by atoms with Crippen LogP contribution in [0.4, 0.5) is 0 Å². The van der Waals surface area contributed by atoms with Crippen LogP contribution in [-0.2, 0) is 14.3 Å². The topological polar surface area (TPSA) is 63.6 Å². The first-order valence-corrected chi connectivity index (χ1v) is 11.3. The van der Waals surface area contributed by atoms with Gasteiger partial charge in [-0.15, -0.1) is 0 Å². The number of ether oxygens (including phenoxy) is 1. The van der Waals surface area contributed by atoms with E-state index in [9.17, 15) is 14.7 Å². The Kier molecular flexibility index (Phi) is 4.98. The van der Waals surface area contributed by atoms with Crippen molar-refractivity contribution in [1.82, 2.24) is 0 Å². The van der Waals surface area contributed by atoms with Gasteiger partial charge in [-0.25, -0.2) is 0 Å². The minimum Gasteiger partial charge on any atom is -0.389 e. The Bertz CT molecular complexity index is 774. The summed E-state index contributed by atoms with van der Waals surface area (Å²) in [4.78, 5) is 24.6. The third kappa shape index (κ3) is 3.18. The summed E-state index contributed by atoms with van der Waals surface area (Å²) in [5, 5.41) is 11.1. The lowest BCUT2D eigenvalue weighted by atomic mass is 9.62. The van der Waals surface area contributed by atoms with Gasteiger partial charge in [-0.2, -0.15) is 0 Å². The first-order valence-electron chi connectivity index (χ1n) is 11.3. The molecule has 0 aromatic carbocycles. The summed E-state index contributed by atoms with van der Waals surface area (Å²) in [6.45, 7) is 10.7. The standard InChI is InChI=1S/C25H36O4/c1-15(2)10-18-11-16(3)25(29-18)9-8-23(4)12-19-22(20(27)13-24(19,5)28)17(14-26)6-7-21(23)25/h6,10,14,16,18-19,21-22,28H,7-9,11-13H2,1-5H3/b17-6-/t16-,18-,19?,21+,22+,23+,24+,25-/m0/s1. The average molecular weight is 401 g/mol. The van der Waals surface area contributed by atoms with Crippen molar-refractivity contribution in [3.05, 3.63) is 23.3 Å². The lowest BCUT2D eigenvalue weighted by molar-refractivity contribution is -0.122. The van der Waals surface area contributed by atoms with E-state index in [1.807, 2.05) is 6.08 Å². The van der Waals surface area contributed by atoms with Crippen molar-refractivity contribution in [2.45, 2.75) is 90.4 Å². The molecule has 4 nitrogen and oxygen atoms in total. The molecule has 3 fully saturated rings. The van der Waals surface area contributed by atoms with Gasteiger partial charge in [0.2, 0.25) is 0 Å². The molecule has 1 aliphatic heterocycles. The molecule has 0 radical (unpaired) electrons. The number of allylic oxidation sites excluding steroid dienone is 3. The zero-order chi connectivity index (χ0) is 21.2. The number of carbonyl (C=O) groups excluding carboxylic acids is 2. The van der Waals surface area contributed by atoms with Crippen molar-refractivity contribution in [3.8, 4) is 0 Å². The molecule has 8 atom stereocenters. The van der Waals surface area contributed by atoms with Crippen LogP contribution in [0.3, 0.4) is 0 Å². The van der Waals surface area contributed by atoms with Crippen LogP contribution in [0.15, 0.2) is 23.3 Å². The highest BCUT2D eigenvalue weighted by atomic mass is 16.5. The van der Waals surface area contributed by atoms with E-state index in [4.69, 9.17) is 4.74 Å². The van der Waals surface area contributed by atoms with Gasteiger partial charge in [0.1, 0.15) is 12.1 Å². The normalized spacial score (nSPS) is 51.0. The summed E-state index contributed by atoms with van der Waals surface area (Å²) >= 11 is 0. The molecular formula is C25H36O4. The van der Waals surface area contributed by atoms with Crippen molar-refractivity contribution >= 4 is 12.1 Å². The van der Waals surface area contributed by atoms with Crippen LogP contribution in [-0.4, -0.2) is 34.5 Å². The van der Waals surface area contributed by atoms with E-state index in [0.29, 0.717) is 17.4 Å². The Balaban J connectivity index is 1.74. The van der Waals surface area contributed by atoms with Gasteiger partial charge in [-0.3, -0.25) is 9.59 Å². The quantitative estimate of drug-likeness (QED) is 0.551. The third-order valence-electron chi connectivity index (χ3n) is 8.68. The van der Waals surface area contributed by atoms with Crippen molar-refractivity contribution in [2.75, 3.05) is 0 Å². The van der Waals surface area contributed by atoms with Gasteiger partial charge in [0.05, 0.1) is 23.2 Å². The number of aldehydes is 1. The highest BCUT2D eigenvalue weighted by Gasteiger charge is 2.63. The summed E-state index contributed by atoms with van der Waals surface area (Å²) < 4.78 is 6.79. The van der Waals surface area contributed by atoms with E-state index in [-0.39, 0.29) is 35.2 Å².